The molecule has 1 aliphatic heterocycles. The summed E-state index contributed by atoms with van der Waals surface area (Å²) in [5.74, 6) is -1.12. The number of hydrogen-bond acceptors (Lipinski definition) is 4. The Bertz CT molecular complexity index is 718. The van der Waals surface area contributed by atoms with Gasteiger partial charge in [0.25, 0.3) is 5.91 Å². The van der Waals surface area contributed by atoms with Gasteiger partial charge in [-0.25, -0.2) is 0 Å². The van der Waals surface area contributed by atoms with E-state index in [2.05, 4.69) is 5.32 Å². The van der Waals surface area contributed by atoms with Crippen LogP contribution in [0.2, 0.25) is 0 Å². The van der Waals surface area contributed by atoms with Crippen molar-refractivity contribution in [2.24, 2.45) is 0 Å². The largest absolute Gasteiger partial charge is 0.375 e. The minimum Gasteiger partial charge on any atom is -0.375 e. The molecule has 1 saturated carbocycles. The molecular formula is C21H29N3O4. The van der Waals surface area contributed by atoms with Crippen molar-refractivity contribution in [3.63, 3.8) is 0 Å². The van der Waals surface area contributed by atoms with Gasteiger partial charge in [0.05, 0.1) is 12.2 Å². The number of ether oxygens (including phenoxy) is 1. The van der Waals surface area contributed by atoms with Crippen molar-refractivity contribution in [1.29, 1.82) is 0 Å². The minimum atomic E-state index is -0.564. The van der Waals surface area contributed by atoms with Crippen molar-refractivity contribution in [2.75, 3.05) is 26.2 Å². The molecule has 0 bridgehead atoms. The van der Waals surface area contributed by atoms with Gasteiger partial charge in [-0.05, 0) is 45.7 Å². The molecule has 1 saturated heterocycles. The molecule has 1 aromatic carbocycles. The monoisotopic (exact) mass is 387 g/mol. The van der Waals surface area contributed by atoms with Crippen molar-refractivity contribution in [3.8, 4) is 0 Å². The number of nitrogens with zero attached hydrogens (tertiary/aromatic N) is 2. The second kappa shape index (κ2) is 8.73. The first-order valence-corrected chi connectivity index (χ1v) is 9.94. The lowest BCUT2D eigenvalue weighted by Gasteiger charge is -2.38. The van der Waals surface area contributed by atoms with E-state index in [1.165, 1.54) is 4.90 Å². The Kier molecular flexibility index (Phi) is 6.34. The van der Waals surface area contributed by atoms with Gasteiger partial charge in [0, 0.05) is 37.8 Å². The van der Waals surface area contributed by atoms with E-state index >= 15 is 0 Å². The number of benzene rings is 1. The van der Waals surface area contributed by atoms with Crippen LogP contribution in [-0.4, -0.2) is 72.0 Å². The third-order valence-electron chi connectivity index (χ3n) is 5.24. The number of carbonyl (C=O) groups is 3. The summed E-state index contributed by atoms with van der Waals surface area (Å²) in [5, 5.41) is 2.79. The van der Waals surface area contributed by atoms with Crippen molar-refractivity contribution in [3.05, 3.63) is 35.4 Å². The van der Waals surface area contributed by atoms with Crippen LogP contribution in [0.15, 0.2) is 24.3 Å². The fraction of sp³-hybridized carbons (Fsp3) is 0.571. The van der Waals surface area contributed by atoms with E-state index in [1.807, 2.05) is 45.0 Å². The van der Waals surface area contributed by atoms with Crippen LogP contribution in [0.4, 0.5) is 0 Å². The second-order valence-electron chi connectivity index (χ2n) is 7.90. The number of hydrogen-bond donors (Lipinski definition) is 1. The molecule has 1 aliphatic carbocycles. The summed E-state index contributed by atoms with van der Waals surface area (Å²) in [6, 6.07) is 7.46. The highest BCUT2D eigenvalue weighted by Gasteiger charge is 2.35. The molecular weight excluding hydrogens is 358 g/mol. The third-order valence-corrected chi connectivity index (χ3v) is 5.24. The van der Waals surface area contributed by atoms with Gasteiger partial charge in [-0.15, -0.1) is 0 Å². The Morgan fingerprint density at radius 2 is 1.57 bits per heavy atom. The van der Waals surface area contributed by atoms with Crippen LogP contribution in [0.1, 0.15) is 42.6 Å². The van der Waals surface area contributed by atoms with Crippen LogP contribution >= 0.6 is 0 Å². The number of nitrogens with one attached hydrogen (secondary N) is 1. The summed E-state index contributed by atoms with van der Waals surface area (Å²) in [4.78, 5) is 40.4. The maximum absolute atomic E-state index is 12.6. The maximum atomic E-state index is 12.6. The number of carbonyl (C=O) groups excluding carboxylic acids is 3. The van der Waals surface area contributed by atoms with Gasteiger partial charge in [-0.3, -0.25) is 14.4 Å². The Labute approximate surface area is 166 Å². The van der Waals surface area contributed by atoms with Gasteiger partial charge in [-0.1, -0.05) is 17.7 Å². The van der Waals surface area contributed by atoms with E-state index in [-0.39, 0.29) is 24.2 Å². The van der Waals surface area contributed by atoms with Crippen LogP contribution in [0.25, 0.3) is 0 Å². The minimum absolute atomic E-state index is 0.00426. The Morgan fingerprint density at radius 1 is 1.00 bits per heavy atom. The fourth-order valence-electron chi connectivity index (χ4n) is 3.56. The van der Waals surface area contributed by atoms with Gasteiger partial charge >= 0.3 is 11.8 Å². The summed E-state index contributed by atoms with van der Waals surface area (Å²) in [6.07, 6.45) is 1.82. The molecule has 7 nitrogen and oxygen atoms in total. The predicted octanol–water partition coefficient (Wildman–Crippen LogP) is 1.35. The normalized spacial score (nSPS) is 22.0. The molecule has 0 spiro atoms. The number of piperazine rings is 1. The molecule has 1 aromatic rings. The van der Waals surface area contributed by atoms with E-state index in [1.54, 1.807) is 4.90 Å². The summed E-state index contributed by atoms with van der Waals surface area (Å²) in [5.41, 5.74) is 1.75. The molecule has 152 valence electrons. The van der Waals surface area contributed by atoms with Crippen LogP contribution in [0, 0.1) is 6.92 Å². The fourth-order valence-corrected chi connectivity index (χ4v) is 3.56. The van der Waals surface area contributed by atoms with Gasteiger partial charge in [0.1, 0.15) is 0 Å². The molecule has 0 aromatic heterocycles. The van der Waals surface area contributed by atoms with Crippen molar-refractivity contribution < 1.29 is 19.1 Å². The quantitative estimate of drug-likeness (QED) is 0.791. The summed E-state index contributed by atoms with van der Waals surface area (Å²) in [7, 11) is 0. The molecule has 1 N–H and O–H groups in total. The molecule has 1 heterocycles. The molecule has 7 heteroatoms. The lowest BCUT2D eigenvalue weighted by atomic mass is 9.89. The van der Waals surface area contributed by atoms with Crippen molar-refractivity contribution in [2.45, 2.75) is 51.9 Å². The summed E-state index contributed by atoms with van der Waals surface area (Å²) >= 11 is 0. The molecule has 0 radical (unpaired) electrons. The average Bonchev–Trinajstić information content (AvgIpc) is 2.65. The van der Waals surface area contributed by atoms with Gasteiger partial charge in [0.2, 0.25) is 0 Å². The van der Waals surface area contributed by atoms with E-state index in [0.29, 0.717) is 31.7 Å². The highest BCUT2D eigenvalue weighted by Crippen LogP contribution is 2.24. The molecule has 3 rings (SSSR count). The van der Waals surface area contributed by atoms with Gasteiger partial charge in [0.15, 0.2) is 0 Å². The molecule has 2 aliphatic rings. The number of rotatable bonds is 4. The van der Waals surface area contributed by atoms with E-state index in [4.69, 9.17) is 4.74 Å². The topological polar surface area (TPSA) is 79.0 Å². The zero-order valence-corrected chi connectivity index (χ0v) is 16.8. The molecule has 28 heavy (non-hydrogen) atoms. The highest BCUT2D eigenvalue weighted by atomic mass is 16.5. The first-order chi connectivity index (χ1) is 13.3. The standard InChI is InChI=1S/C21H29N3O4/c1-14(2)28-18-12-17(13-18)22-19(25)21(27)24-10-8-23(9-11-24)20(26)16-6-4-15(3)5-7-16/h4-7,14,17-18H,8-13H2,1-3H3,(H,22,25). The highest BCUT2D eigenvalue weighted by molar-refractivity contribution is 6.35. The second-order valence-corrected chi connectivity index (χ2v) is 7.90. The molecule has 0 unspecified atom stereocenters. The smallest absolute Gasteiger partial charge is 0.312 e. The first kappa shape index (κ1) is 20.3. The molecule has 2 fully saturated rings. The van der Waals surface area contributed by atoms with E-state index in [9.17, 15) is 14.4 Å². The lowest BCUT2D eigenvalue weighted by Crippen LogP contribution is -2.56. The van der Waals surface area contributed by atoms with Gasteiger partial charge in [-0.2, -0.15) is 0 Å². The molecule has 3 amide bonds. The third kappa shape index (κ3) is 4.90. The zero-order chi connectivity index (χ0) is 20.3. The molecule has 0 atom stereocenters. The van der Waals surface area contributed by atoms with Crippen LogP contribution < -0.4 is 5.32 Å². The lowest BCUT2D eigenvalue weighted by molar-refractivity contribution is -0.148. The van der Waals surface area contributed by atoms with Gasteiger partial charge < -0.3 is 19.9 Å². The summed E-state index contributed by atoms with van der Waals surface area (Å²) < 4.78 is 5.67. The summed E-state index contributed by atoms with van der Waals surface area (Å²) in [6.45, 7) is 7.54. The maximum Gasteiger partial charge on any atom is 0.312 e. The van der Waals surface area contributed by atoms with Crippen molar-refractivity contribution in [1.82, 2.24) is 15.1 Å². The first-order valence-electron chi connectivity index (χ1n) is 9.94. The van der Waals surface area contributed by atoms with Crippen LogP contribution in [0.3, 0.4) is 0 Å². The SMILES string of the molecule is Cc1ccc(C(=O)N2CCN(C(=O)C(=O)NC3CC(OC(C)C)C3)CC2)cc1. The number of aryl methyl sites for hydroxylation is 1. The Balaban J connectivity index is 1.43. The Hall–Kier alpha value is -2.41. The van der Waals surface area contributed by atoms with Crippen LogP contribution in [0.5, 0.6) is 0 Å². The Morgan fingerprint density at radius 3 is 2.14 bits per heavy atom. The van der Waals surface area contributed by atoms with Crippen LogP contribution in [-0.2, 0) is 14.3 Å². The van der Waals surface area contributed by atoms with E-state index in [0.717, 1.165) is 18.4 Å². The average molecular weight is 387 g/mol. The van der Waals surface area contributed by atoms with Crippen molar-refractivity contribution >= 4 is 17.7 Å². The number of amides is 3. The zero-order valence-electron chi connectivity index (χ0n) is 16.8. The predicted molar refractivity (Wildman–Crippen MR) is 105 cm³/mol. The van der Waals surface area contributed by atoms with E-state index < -0.39 is 11.8 Å².